The summed E-state index contributed by atoms with van der Waals surface area (Å²) in [5, 5.41) is 6.24. The first-order valence-electron chi connectivity index (χ1n) is 6.87. The van der Waals surface area contributed by atoms with Gasteiger partial charge in [0.25, 0.3) is 0 Å². The molecule has 19 heavy (non-hydrogen) atoms. The van der Waals surface area contributed by atoms with Crippen LogP contribution in [-0.4, -0.2) is 47.0 Å². The number of nitrogens with zero attached hydrogens (tertiary/aromatic N) is 3. The first-order valence-corrected chi connectivity index (χ1v) is 6.87. The minimum absolute atomic E-state index is 0.223. The van der Waals surface area contributed by atoms with Crippen molar-refractivity contribution in [3.63, 3.8) is 0 Å². The van der Waals surface area contributed by atoms with Crippen LogP contribution in [0.2, 0.25) is 0 Å². The number of rotatable bonds is 6. The van der Waals surface area contributed by atoms with Crippen molar-refractivity contribution in [2.75, 3.05) is 36.8 Å². The molecule has 0 radical (unpaired) electrons. The van der Waals surface area contributed by atoms with Crippen molar-refractivity contribution >= 4 is 17.5 Å². The van der Waals surface area contributed by atoms with Gasteiger partial charge in [0, 0.05) is 32.6 Å². The summed E-state index contributed by atoms with van der Waals surface area (Å²) in [7, 11) is 0. The SMILES string of the molecule is CCNc1cncc(NCCC(=O)N2CCCC2)n1. The van der Waals surface area contributed by atoms with E-state index < -0.39 is 0 Å². The zero-order valence-electron chi connectivity index (χ0n) is 11.4. The molecule has 1 amide bonds. The maximum absolute atomic E-state index is 11.8. The van der Waals surface area contributed by atoms with E-state index in [1.807, 2.05) is 11.8 Å². The number of aromatic nitrogens is 2. The van der Waals surface area contributed by atoms with E-state index in [2.05, 4.69) is 20.6 Å². The highest BCUT2D eigenvalue weighted by Crippen LogP contribution is 2.10. The Morgan fingerprint density at radius 2 is 1.95 bits per heavy atom. The normalized spacial score (nSPS) is 14.5. The molecule has 0 saturated carbocycles. The Bertz CT molecular complexity index is 417. The summed E-state index contributed by atoms with van der Waals surface area (Å²) >= 11 is 0. The molecule has 1 aliphatic rings. The van der Waals surface area contributed by atoms with Crippen LogP contribution in [0.4, 0.5) is 11.6 Å². The second-order valence-corrected chi connectivity index (χ2v) is 4.58. The summed E-state index contributed by atoms with van der Waals surface area (Å²) in [6.07, 6.45) is 6.13. The fraction of sp³-hybridized carbons (Fsp3) is 0.615. The summed E-state index contributed by atoms with van der Waals surface area (Å²) in [6.45, 7) is 5.24. The molecule has 1 fully saturated rings. The van der Waals surface area contributed by atoms with Crippen LogP contribution < -0.4 is 10.6 Å². The van der Waals surface area contributed by atoms with Crippen LogP contribution in [0.25, 0.3) is 0 Å². The number of carbonyl (C=O) groups excluding carboxylic acids is 1. The Labute approximate surface area is 113 Å². The summed E-state index contributed by atoms with van der Waals surface area (Å²) in [5.41, 5.74) is 0. The van der Waals surface area contributed by atoms with Crippen LogP contribution in [0.1, 0.15) is 26.2 Å². The molecule has 0 aliphatic carbocycles. The maximum Gasteiger partial charge on any atom is 0.224 e. The van der Waals surface area contributed by atoms with E-state index in [-0.39, 0.29) is 5.91 Å². The second-order valence-electron chi connectivity index (χ2n) is 4.58. The smallest absolute Gasteiger partial charge is 0.224 e. The van der Waals surface area contributed by atoms with Crippen LogP contribution in [0.5, 0.6) is 0 Å². The van der Waals surface area contributed by atoms with E-state index in [0.717, 1.165) is 38.3 Å². The van der Waals surface area contributed by atoms with Gasteiger partial charge in [0.1, 0.15) is 11.6 Å². The van der Waals surface area contributed by atoms with E-state index in [0.29, 0.717) is 18.8 Å². The number of hydrogen-bond acceptors (Lipinski definition) is 5. The Balaban J connectivity index is 1.75. The van der Waals surface area contributed by atoms with Crippen molar-refractivity contribution < 1.29 is 4.79 Å². The van der Waals surface area contributed by atoms with Crippen molar-refractivity contribution in [2.24, 2.45) is 0 Å². The molecule has 2 heterocycles. The highest BCUT2D eigenvalue weighted by Gasteiger charge is 2.16. The van der Waals surface area contributed by atoms with E-state index in [4.69, 9.17) is 0 Å². The van der Waals surface area contributed by atoms with Gasteiger partial charge in [-0.25, -0.2) is 4.98 Å². The standard InChI is InChI=1S/C13H21N5O/c1-2-15-11-9-14-10-12(17-11)16-6-5-13(19)18-7-3-4-8-18/h9-10H,2-8H2,1H3,(H2,15,16,17). The third-order valence-corrected chi connectivity index (χ3v) is 3.10. The number of likely N-dealkylation sites (tertiary alicyclic amines) is 1. The Hall–Kier alpha value is -1.85. The number of hydrogen-bond donors (Lipinski definition) is 2. The van der Waals surface area contributed by atoms with Gasteiger partial charge in [-0.1, -0.05) is 0 Å². The quantitative estimate of drug-likeness (QED) is 0.810. The molecule has 1 saturated heterocycles. The van der Waals surface area contributed by atoms with Gasteiger partial charge in [-0.3, -0.25) is 9.78 Å². The van der Waals surface area contributed by atoms with Crippen LogP contribution in [0.15, 0.2) is 12.4 Å². The van der Waals surface area contributed by atoms with Gasteiger partial charge in [0.15, 0.2) is 0 Å². The van der Waals surface area contributed by atoms with Gasteiger partial charge >= 0.3 is 0 Å². The highest BCUT2D eigenvalue weighted by molar-refractivity contribution is 5.76. The summed E-state index contributed by atoms with van der Waals surface area (Å²) in [4.78, 5) is 22.2. The number of anilines is 2. The molecule has 0 atom stereocenters. The maximum atomic E-state index is 11.8. The van der Waals surface area contributed by atoms with Gasteiger partial charge in [-0.05, 0) is 19.8 Å². The number of amides is 1. The van der Waals surface area contributed by atoms with E-state index in [9.17, 15) is 4.79 Å². The summed E-state index contributed by atoms with van der Waals surface area (Å²) in [6, 6.07) is 0. The van der Waals surface area contributed by atoms with E-state index >= 15 is 0 Å². The Morgan fingerprint density at radius 1 is 1.26 bits per heavy atom. The molecule has 1 aromatic rings. The summed E-state index contributed by atoms with van der Waals surface area (Å²) < 4.78 is 0. The molecular formula is C13H21N5O. The fourth-order valence-corrected chi connectivity index (χ4v) is 2.14. The molecule has 0 bridgehead atoms. The van der Waals surface area contributed by atoms with Gasteiger partial charge < -0.3 is 15.5 Å². The Kier molecular flexibility index (Phi) is 4.94. The van der Waals surface area contributed by atoms with E-state index in [1.54, 1.807) is 12.4 Å². The van der Waals surface area contributed by atoms with Crippen molar-refractivity contribution in [3.8, 4) is 0 Å². The fourth-order valence-electron chi connectivity index (χ4n) is 2.14. The molecular weight excluding hydrogens is 242 g/mol. The average molecular weight is 263 g/mol. The van der Waals surface area contributed by atoms with Gasteiger partial charge in [-0.2, -0.15) is 0 Å². The van der Waals surface area contributed by atoms with Gasteiger partial charge in [0.2, 0.25) is 5.91 Å². The lowest BCUT2D eigenvalue weighted by molar-refractivity contribution is -0.129. The van der Waals surface area contributed by atoms with Crippen LogP contribution in [-0.2, 0) is 4.79 Å². The van der Waals surface area contributed by atoms with Crippen molar-refractivity contribution in [1.82, 2.24) is 14.9 Å². The number of nitrogens with one attached hydrogen (secondary N) is 2. The molecule has 0 unspecified atom stereocenters. The second kappa shape index (κ2) is 6.92. The lowest BCUT2D eigenvalue weighted by atomic mass is 10.3. The Morgan fingerprint density at radius 3 is 2.63 bits per heavy atom. The lowest BCUT2D eigenvalue weighted by Gasteiger charge is -2.15. The minimum Gasteiger partial charge on any atom is -0.369 e. The zero-order chi connectivity index (χ0) is 13.5. The minimum atomic E-state index is 0.223. The van der Waals surface area contributed by atoms with Crippen molar-refractivity contribution in [2.45, 2.75) is 26.2 Å². The molecule has 0 spiro atoms. The molecule has 6 nitrogen and oxygen atoms in total. The predicted octanol–water partition coefficient (Wildman–Crippen LogP) is 1.33. The van der Waals surface area contributed by atoms with Gasteiger partial charge in [0.05, 0.1) is 12.4 Å². The molecule has 104 valence electrons. The van der Waals surface area contributed by atoms with Gasteiger partial charge in [-0.15, -0.1) is 0 Å². The van der Waals surface area contributed by atoms with Crippen LogP contribution in [0.3, 0.4) is 0 Å². The first kappa shape index (κ1) is 13.6. The first-order chi connectivity index (χ1) is 9.29. The zero-order valence-corrected chi connectivity index (χ0v) is 11.4. The number of carbonyl (C=O) groups is 1. The van der Waals surface area contributed by atoms with E-state index in [1.165, 1.54) is 0 Å². The highest BCUT2D eigenvalue weighted by atomic mass is 16.2. The summed E-state index contributed by atoms with van der Waals surface area (Å²) in [5.74, 6) is 1.67. The topological polar surface area (TPSA) is 70.2 Å². The largest absolute Gasteiger partial charge is 0.369 e. The van der Waals surface area contributed by atoms with Crippen LogP contribution in [0, 0.1) is 0 Å². The third-order valence-electron chi connectivity index (χ3n) is 3.10. The third kappa shape index (κ3) is 4.08. The molecule has 6 heteroatoms. The monoisotopic (exact) mass is 263 g/mol. The average Bonchev–Trinajstić information content (AvgIpc) is 2.93. The molecule has 1 aromatic heterocycles. The van der Waals surface area contributed by atoms with Crippen molar-refractivity contribution in [3.05, 3.63) is 12.4 Å². The molecule has 1 aliphatic heterocycles. The lowest BCUT2D eigenvalue weighted by Crippen LogP contribution is -2.29. The molecule has 2 N–H and O–H groups in total. The predicted molar refractivity (Wildman–Crippen MR) is 75.1 cm³/mol. The van der Waals surface area contributed by atoms with Crippen molar-refractivity contribution in [1.29, 1.82) is 0 Å². The van der Waals surface area contributed by atoms with Crippen LogP contribution >= 0.6 is 0 Å². The molecule has 2 rings (SSSR count). The molecule has 0 aromatic carbocycles.